The van der Waals surface area contributed by atoms with Gasteiger partial charge in [-0.3, -0.25) is 4.79 Å². The van der Waals surface area contributed by atoms with Gasteiger partial charge in [0.15, 0.2) is 16.6 Å². The first-order chi connectivity index (χ1) is 13.8. The third kappa shape index (κ3) is 3.33. The van der Waals surface area contributed by atoms with Crippen molar-refractivity contribution in [1.82, 2.24) is 15.0 Å². The average Bonchev–Trinajstić information content (AvgIpc) is 3.13. The van der Waals surface area contributed by atoms with E-state index in [2.05, 4.69) is 25.2 Å². The molecule has 2 aliphatic rings. The summed E-state index contributed by atoms with van der Waals surface area (Å²) in [6.45, 7) is 2.55. The summed E-state index contributed by atoms with van der Waals surface area (Å²) in [6.07, 6.45) is 5.22. The van der Waals surface area contributed by atoms with E-state index in [1.54, 1.807) is 18.5 Å². The number of benzene rings is 1. The number of amides is 1. The van der Waals surface area contributed by atoms with Crippen LogP contribution in [0.4, 0.5) is 11.1 Å². The summed E-state index contributed by atoms with van der Waals surface area (Å²) in [6, 6.07) is 5.58. The van der Waals surface area contributed by atoms with E-state index in [0.29, 0.717) is 36.6 Å². The molecule has 1 fully saturated rings. The predicted octanol–water partition coefficient (Wildman–Crippen LogP) is 2.71. The molecule has 5 rings (SSSR count). The third-order valence-corrected chi connectivity index (χ3v) is 5.84. The van der Waals surface area contributed by atoms with Crippen molar-refractivity contribution in [1.29, 1.82) is 0 Å². The molecule has 8 nitrogen and oxygen atoms in total. The molecule has 9 heteroatoms. The maximum absolute atomic E-state index is 12.8. The molecule has 1 atom stereocenters. The summed E-state index contributed by atoms with van der Waals surface area (Å²) in [5, 5.41) is 3.58. The van der Waals surface area contributed by atoms with E-state index in [-0.39, 0.29) is 11.8 Å². The normalized spacial score (nSPS) is 18.9. The van der Waals surface area contributed by atoms with Gasteiger partial charge < -0.3 is 19.7 Å². The molecule has 2 aliphatic heterocycles. The largest absolute Gasteiger partial charge is 0.486 e. The first-order valence-electron chi connectivity index (χ1n) is 9.29. The summed E-state index contributed by atoms with van der Waals surface area (Å²) in [4.78, 5) is 28.0. The fourth-order valence-corrected chi connectivity index (χ4v) is 4.43. The van der Waals surface area contributed by atoms with Crippen LogP contribution in [0.1, 0.15) is 12.8 Å². The Morgan fingerprint density at radius 1 is 1.18 bits per heavy atom. The van der Waals surface area contributed by atoms with Crippen molar-refractivity contribution in [2.75, 3.05) is 36.5 Å². The van der Waals surface area contributed by atoms with Crippen molar-refractivity contribution >= 4 is 38.5 Å². The van der Waals surface area contributed by atoms with Crippen molar-refractivity contribution in [3.8, 4) is 11.5 Å². The van der Waals surface area contributed by atoms with Crippen molar-refractivity contribution in [2.45, 2.75) is 12.8 Å². The first-order valence-corrected chi connectivity index (χ1v) is 10.1. The Hall–Kier alpha value is -2.94. The smallest absolute Gasteiger partial charge is 0.231 e. The van der Waals surface area contributed by atoms with Crippen LogP contribution < -0.4 is 19.7 Å². The van der Waals surface area contributed by atoms with E-state index in [1.807, 2.05) is 12.1 Å². The minimum absolute atomic E-state index is 0.0167. The zero-order chi connectivity index (χ0) is 18.9. The Labute approximate surface area is 165 Å². The van der Waals surface area contributed by atoms with Crippen LogP contribution in [0.5, 0.6) is 11.5 Å². The van der Waals surface area contributed by atoms with E-state index in [4.69, 9.17) is 9.47 Å². The number of ether oxygens (including phenoxy) is 2. The van der Waals surface area contributed by atoms with E-state index in [9.17, 15) is 4.79 Å². The number of fused-ring (bicyclic) bond motifs is 2. The molecule has 144 valence electrons. The molecule has 4 heterocycles. The molecule has 1 unspecified atom stereocenters. The highest BCUT2D eigenvalue weighted by molar-refractivity contribution is 7.22. The Bertz CT molecular complexity index is 966. The number of piperidine rings is 1. The van der Waals surface area contributed by atoms with Crippen LogP contribution >= 0.6 is 11.3 Å². The van der Waals surface area contributed by atoms with Gasteiger partial charge in [-0.2, -0.15) is 0 Å². The molecule has 2 aromatic heterocycles. The Morgan fingerprint density at radius 2 is 1.96 bits per heavy atom. The number of aromatic nitrogens is 3. The predicted molar refractivity (Wildman–Crippen MR) is 106 cm³/mol. The summed E-state index contributed by atoms with van der Waals surface area (Å²) in [5.41, 5.74) is 0.799. The summed E-state index contributed by atoms with van der Waals surface area (Å²) in [7, 11) is 0. The Kier molecular flexibility index (Phi) is 4.44. The molecule has 0 radical (unpaired) electrons. The number of nitrogens with zero attached hydrogens (tertiary/aromatic N) is 4. The van der Waals surface area contributed by atoms with Crippen molar-refractivity contribution in [3.63, 3.8) is 0 Å². The molecule has 1 saturated heterocycles. The molecular weight excluding hydrogens is 378 g/mol. The second-order valence-corrected chi connectivity index (χ2v) is 7.84. The fraction of sp³-hybridized carbons (Fsp3) is 0.368. The van der Waals surface area contributed by atoms with Crippen LogP contribution in [-0.4, -0.2) is 47.2 Å². The van der Waals surface area contributed by atoms with Gasteiger partial charge in [-0.15, -0.1) is 0 Å². The van der Waals surface area contributed by atoms with Gasteiger partial charge in [-0.05, 0) is 18.9 Å². The molecule has 0 saturated carbocycles. The van der Waals surface area contributed by atoms with Gasteiger partial charge in [-0.25, -0.2) is 15.0 Å². The number of nitrogens with one attached hydrogen (secondary N) is 1. The van der Waals surface area contributed by atoms with E-state index in [0.717, 1.165) is 35.4 Å². The summed E-state index contributed by atoms with van der Waals surface area (Å²) < 4.78 is 12.2. The van der Waals surface area contributed by atoms with Crippen LogP contribution in [0.15, 0.2) is 30.6 Å². The van der Waals surface area contributed by atoms with Gasteiger partial charge in [0.2, 0.25) is 11.9 Å². The lowest BCUT2D eigenvalue weighted by Gasteiger charge is -2.31. The average molecular weight is 397 g/mol. The maximum Gasteiger partial charge on any atom is 0.231 e. The Balaban J connectivity index is 1.31. The number of rotatable bonds is 3. The SMILES string of the molecule is O=C(Nc1nc2cc3c(cc2s1)OCCO3)C1CCCN(c2ncccn2)C1. The highest BCUT2D eigenvalue weighted by Crippen LogP contribution is 2.38. The zero-order valence-corrected chi connectivity index (χ0v) is 15.9. The van der Waals surface area contributed by atoms with Crippen molar-refractivity contribution < 1.29 is 14.3 Å². The second kappa shape index (κ2) is 7.23. The van der Waals surface area contributed by atoms with Crippen LogP contribution in [0.3, 0.4) is 0 Å². The highest BCUT2D eigenvalue weighted by Gasteiger charge is 2.28. The van der Waals surface area contributed by atoms with Gasteiger partial charge in [0.1, 0.15) is 13.2 Å². The number of thiazole rings is 1. The van der Waals surface area contributed by atoms with Gasteiger partial charge in [0, 0.05) is 37.6 Å². The van der Waals surface area contributed by atoms with Crippen LogP contribution in [0, 0.1) is 5.92 Å². The minimum Gasteiger partial charge on any atom is -0.486 e. The van der Waals surface area contributed by atoms with Gasteiger partial charge in [0.05, 0.1) is 16.1 Å². The third-order valence-electron chi connectivity index (χ3n) is 4.91. The Morgan fingerprint density at radius 3 is 2.79 bits per heavy atom. The topological polar surface area (TPSA) is 89.5 Å². The minimum atomic E-state index is -0.121. The van der Waals surface area contributed by atoms with E-state index < -0.39 is 0 Å². The van der Waals surface area contributed by atoms with E-state index >= 15 is 0 Å². The van der Waals surface area contributed by atoms with E-state index in [1.165, 1.54) is 11.3 Å². The fourth-order valence-electron chi connectivity index (χ4n) is 3.55. The van der Waals surface area contributed by atoms with Gasteiger partial charge in [0.25, 0.3) is 0 Å². The van der Waals surface area contributed by atoms with Gasteiger partial charge >= 0.3 is 0 Å². The molecule has 0 spiro atoms. The van der Waals surface area contributed by atoms with Crippen molar-refractivity contribution in [3.05, 3.63) is 30.6 Å². The van der Waals surface area contributed by atoms with Crippen LogP contribution in [0.25, 0.3) is 10.2 Å². The molecule has 28 heavy (non-hydrogen) atoms. The lowest BCUT2D eigenvalue weighted by molar-refractivity contribution is -0.120. The molecule has 1 amide bonds. The monoisotopic (exact) mass is 397 g/mol. The quantitative estimate of drug-likeness (QED) is 0.727. The van der Waals surface area contributed by atoms with Crippen LogP contribution in [0.2, 0.25) is 0 Å². The molecule has 0 aliphatic carbocycles. The number of hydrogen-bond donors (Lipinski definition) is 1. The molecule has 1 N–H and O–H groups in total. The maximum atomic E-state index is 12.8. The summed E-state index contributed by atoms with van der Waals surface area (Å²) in [5.74, 6) is 1.96. The number of anilines is 2. The number of carbonyl (C=O) groups is 1. The second-order valence-electron chi connectivity index (χ2n) is 6.81. The lowest BCUT2D eigenvalue weighted by atomic mass is 9.97. The standard InChI is InChI=1S/C19H19N5O3S/c25-17(12-3-1-6-24(11-12)18-20-4-2-5-21-18)23-19-22-13-9-14-15(10-16(13)28-19)27-8-7-26-14/h2,4-5,9-10,12H,1,3,6-8,11H2,(H,22,23,25). The molecule has 1 aromatic carbocycles. The van der Waals surface area contributed by atoms with Crippen LogP contribution in [-0.2, 0) is 4.79 Å². The number of carbonyl (C=O) groups excluding carboxylic acids is 1. The highest BCUT2D eigenvalue weighted by atomic mass is 32.1. The molecule has 0 bridgehead atoms. The van der Waals surface area contributed by atoms with Gasteiger partial charge in [-0.1, -0.05) is 11.3 Å². The first kappa shape index (κ1) is 17.2. The molecular formula is C19H19N5O3S. The summed E-state index contributed by atoms with van der Waals surface area (Å²) >= 11 is 1.44. The zero-order valence-electron chi connectivity index (χ0n) is 15.1. The van der Waals surface area contributed by atoms with Crippen molar-refractivity contribution in [2.24, 2.45) is 5.92 Å². The number of hydrogen-bond acceptors (Lipinski definition) is 8. The lowest BCUT2D eigenvalue weighted by Crippen LogP contribution is -2.41. The molecule has 3 aromatic rings.